The molecule has 0 aliphatic carbocycles. The zero-order valence-corrected chi connectivity index (χ0v) is 10.6. The number of alkyl halides is 3. The summed E-state index contributed by atoms with van der Waals surface area (Å²) in [5.41, 5.74) is -0.613. The first-order chi connectivity index (χ1) is 9.90. The molecule has 0 fully saturated rings. The zero-order valence-electron chi connectivity index (χ0n) is 10.6. The van der Waals surface area contributed by atoms with Gasteiger partial charge in [-0.05, 0) is 30.3 Å². The highest BCUT2D eigenvalue weighted by Gasteiger charge is 2.33. The summed E-state index contributed by atoms with van der Waals surface area (Å²) in [5, 5.41) is 20.4. The van der Waals surface area contributed by atoms with E-state index in [-0.39, 0.29) is 23.5 Å². The Morgan fingerprint density at radius 2 is 2.00 bits per heavy atom. The minimum atomic E-state index is -4.56. The van der Waals surface area contributed by atoms with Gasteiger partial charge in [-0.15, -0.1) is 0 Å². The van der Waals surface area contributed by atoms with Gasteiger partial charge in [0.1, 0.15) is 5.75 Å². The van der Waals surface area contributed by atoms with Crippen molar-refractivity contribution in [1.82, 2.24) is 4.98 Å². The molecule has 0 spiro atoms. The van der Waals surface area contributed by atoms with Gasteiger partial charge in [-0.2, -0.15) is 18.4 Å². The van der Waals surface area contributed by atoms with Crippen LogP contribution >= 0.6 is 0 Å². The van der Waals surface area contributed by atoms with Crippen molar-refractivity contribution in [3.63, 3.8) is 0 Å². The molecule has 0 atom stereocenters. The van der Waals surface area contributed by atoms with Crippen LogP contribution in [0, 0.1) is 11.3 Å². The van der Waals surface area contributed by atoms with Gasteiger partial charge in [-0.1, -0.05) is 0 Å². The lowest BCUT2D eigenvalue weighted by Crippen LogP contribution is -2.11. The summed E-state index contributed by atoms with van der Waals surface area (Å²) in [6.07, 6.45) is -3.35. The molecule has 0 bridgehead atoms. The van der Waals surface area contributed by atoms with Crippen LogP contribution in [-0.2, 0) is 12.7 Å². The summed E-state index contributed by atoms with van der Waals surface area (Å²) in [5.74, 6) is -0.0203. The van der Waals surface area contributed by atoms with Crippen LogP contribution in [0.4, 0.5) is 18.9 Å². The highest BCUT2D eigenvalue weighted by molar-refractivity contribution is 5.56. The van der Waals surface area contributed by atoms with E-state index in [4.69, 9.17) is 10.4 Å². The molecule has 2 N–H and O–H groups in total. The Balaban J connectivity index is 2.23. The molecule has 2 rings (SSSR count). The lowest BCUT2D eigenvalue weighted by Gasteiger charge is -2.14. The maximum Gasteiger partial charge on any atom is 0.418 e. The third-order valence-corrected chi connectivity index (χ3v) is 2.72. The Bertz CT molecular complexity index is 675. The molecule has 108 valence electrons. The van der Waals surface area contributed by atoms with Crippen molar-refractivity contribution in [2.45, 2.75) is 12.7 Å². The molecule has 21 heavy (non-hydrogen) atoms. The van der Waals surface area contributed by atoms with E-state index >= 15 is 0 Å². The maximum absolute atomic E-state index is 12.9. The molecule has 1 aromatic carbocycles. The average Bonchev–Trinajstić information content (AvgIpc) is 2.45. The van der Waals surface area contributed by atoms with Crippen molar-refractivity contribution in [3.8, 4) is 11.8 Å². The van der Waals surface area contributed by atoms with Crippen molar-refractivity contribution < 1.29 is 18.3 Å². The predicted molar refractivity (Wildman–Crippen MR) is 69.4 cm³/mol. The number of anilines is 1. The second kappa shape index (κ2) is 5.71. The number of halogens is 3. The third kappa shape index (κ3) is 3.63. The van der Waals surface area contributed by atoms with Crippen molar-refractivity contribution in [2.24, 2.45) is 0 Å². The number of hydrogen-bond donors (Lipinski definition) is 2. The van der Waals surface area contributed by atoms with Gasteiger partial charge in [0.05, 0.1) is 35.6 Å². The first kappa shape index (κ1) is 14.7. The van der Waals surface area contributed by atoms with Crippen molar-refractivity contribution in [1.29, 1.82) is 5.26 Å². The summed E-state index contributed by atoms with van der Waals surface area (Å²) < 4.78 is 38.8. The Hall–Kier alpha value is -2.75. The number of hydrogen-bond acceptors (Lipinski definition) is 4. The van der Waals surface area contributed by atoms with E-state index in [0.717, 1.165) is 6.07 Å². The highest BCUT2D eigenvalue weighted by atomic mass is 19.4. The van der Waals surface area contributed by atoms with Gasteiger partial charge in [-0.3, -0.25) is 4.98 Å². The van der Waals surface area contributed by atoms with Crippen LogP contribution in [-0.4, -0.2) is 10.1 Å². The first-order valence-corrected chi connectivity index (χ1v) is 5.89. The van der Waals surface area contributed by atoms with Crippen molar-refractivity contribution >= 4 is 5.69 Å². The summed E-state index contributed by atoms with van der Waals surface area (Å²) in [7, 11) is 0. The topological polar surface area (TPSA) is 68.9 Å². The summed E-state index contributed by atoms with van der Waals surface area (Å²) >= 11 is 0. The van der Waals surface area contributed by atoms with Gasteiger partial charge in [0.15, 0.2) is 0 Å². The first-order valence-electron chi connectivity index (χ1n) is 5.89. The molecule has 0 radical (unpaired) electrons. The van der Waals surface area contributed by atoms with E-state index < -0.39 is 11.7 Å². The molecule has 2 aromatic rings. The van der Waals surface area contributed by atoms with E-state index in [1.807, 2.05) is 0 Å². The number of nitriles is 1. The molecule has 0 saturated heterocycles. The lowest BCUT2D eigenvalue weighted by molar-refractivity contribution is -0.137. The molecular formula is C14H10F3N3O. The minimum Gasteiger partial charge on any atom is -0.506 e. The molecule has 1 heterocycles. The number of nitrogens with one attached hydrogen (secondary N) is 1. The molecule has 0 amide bonds. The molecule has 0 saturated carbocycles. The molecule has 0 aliphatic heterocycles. The SMILES string of the molecule is N#Cc1ccc(NCc2ccc(O)cn2)c(C(F)(F)F)c1. The van der Waals surface area contributed by atoms with E-state index in [0.29, 0.717) is 5.69 Å². The number of benzene rings is 1. The lowest BCUT2D eigenvalue weighted by atomic mass is 10.1. The molecule has 0 aliphatic rings. The minimum absolute atomic E-state index is 0.0203. The van der Waals surface area contributed by atoms with E-state index in [9.17, 15) is 13.2 Å². The number of aromatic nitrogens is 1. The Morgan fingerprint density at radius 3 is 2.57 bits per heavy atom. The normalized spacial score (nSPS) is 11.0. The fraction of sp³-hybridized carbons (Fsp3) is 0.143. The number of rotatable bonds is 3. The average molecular weight is 293 g/mol. The predicted octanol–water partition coefficient (Wildman–Crippen LogP) is 3.29. The zero-order chi connectivity index (χ0) is 15.5. The van der Waals surface area contributed by atoms with Crippen LogP contribution in [0.25, 0.3) is 0 Å². The van der Waals surface area contributed by atoms with Crippen LogP contribution in [0.2, 0.25) is 0 Å². The Labute approximate surface area is 118 Å². The van der Waals surface area contributed by atoms with E-state index in [1.165, 1.54) is 30.5 Å². The maximum atomic E-state index is 12.9. The Morgan fingerprint density at radius 1 is 1.24 bits per heavy atom. The number of nitrogens with zero attached hydrogens (tertiary/aromatic N) is 2. The second-order valence-electron chi connectivity index (χ2n) is 4.23. The smallest absolute Gasteiger partial charge is 0.418 e. The quantitative estimate of drug-likeness (QED) is 0.911. The fourth-order valence-corrected chi connectivity index (χ4v) is 1.71. The van der Waals surface area contributed by atoms with Crippen LogP contribution in [0.3, 0.4) is 0 Å². The van der Waals surface area contributed by atoms with Gasteiger partial charge in [0, 0.05) is 5.69 Å². The van der Waals surface area contributed by atoms with Crippen LogP contribution in [0.5, 0.6) is 5.75 Å². The van der Waals surface area contributed by atoms with Crippen molar-refractivity contribution in [2.75, 3.05) is 5.32 Å². The molecule has 0 unspecified atom stereocenters. The van der Waals surface area contributed by atoms with Gasteiger partial charge in [0.25, 0.3) is 0 Å². The monoisotopic (exact) mass is 293 g/mol. The second-order valence-corrected chi connectivity index (χ2v) is 4.23. The largest absolute Gasteiger partial charge is 0.506 e. The fourth-order valence-electron chi connectivity index (χ4n) is 1.71. The van der Waals surface area contributed by atoms with Gasteiger partial charge >= 0.3 is 6.18 Å². The Kier molecular flexibility index (Phi) is 3.98. The number of aromatic hydroxyl groups is 1. The van der Waals surface area contributed by atoms with E-state index in [1.54, 1.807) is 6.07 Å². The highest BCUT2D eigenvalue weighted by Crippen LogP contribution is 2.35. The van der Waals surface area contributed by atoms with Crippen LogP contribution < -0.4 is 5.32 Å². The molecule has 1 aromatic heterocycles. The number of pyridine rings is 1. The van der Waals surface area contributed by atoms with E-state index in [2.05, 4.69) is 10.3 Å². The molecule has 4 nitrogen and oxygen atoms in total. The third-order valence-electron chi connectivity index (χ3n) is 2.72. The summed E-state index contributed by atoms with van der Waals surface area (Å²) in [6, 6.07) is 7.89. The summed E-state index contributed by atoms with van der Waals surface area (Å²) in [6.45, 7) is 0.0647. The van der Waals surface area contributed by atoms with Crippen LogP contribution in [0.15, 0.2) is 36.5 Å². The summed E-state index contributed by atoms with van der Waals surface area (Å²) in [4.78, 5) is 3.87. The van der Waals surface area contributed by atoms with Crippen molar-refractivity contribution in [3.05, 3.63) is 53.3 Å². The van der Waals surface area contributed by atoms with Gasteiger partial charge < -0.3 is 10.4 Å². The van der Waals surface area contributed by atoms with Gasteiger partial charge in [-0.25, -0.2) is 0 Å². The molecular weight excluding hydrogens is 283 g/mol. The molecule has 7 heteroatoms. The standard InChI is InChI=1S/C14H10F3N3O/c15-14(16,17)12-5-9(6-18)1-4-13(12)20-7-10-2-3-11(21)8-19-10/h1-5,8,20-21H,7H2. The van der Waals surface area contributed by atoms with Gasteiger partial charge in [0.2, 0.25) is 0 Å². The van der Waals surface area contributed by atoms with Crippen LogP contribution in [0.1, 0.15) is 16.8 Å².